The lowest BCUT2D eigenvalue weighted by Crippen LogP contribution is -2.20. The van der Waals surface area contributed by atoms with Crippen LogP contribution in [0.4, 0.5) is 4.39 Å². The van der Waals surface area contributed by atoms with Crippen LogP contribution in [-0.2, 0) is 9.47 Å². The summed E-state index contributed by atoms with van der Waals surface area (Å²) in [7, 11) is 1.50. The Morgan fingerprint density at radius 2 is 1.89 bits per heavy atom. The van der Waals surface area contributed by atoms with Gasteiger partial charge in [-0.25, -0.2) is 14.4 Å². The highest BCUT2D eigenvalue weighted by molar-refractivity contribution is 5.76. The van der Waals surface area contributed by atoms with Gasteiger partial charge in [0.05, 0.1) is 37.4 Å². The SMILES string of the molecule is C=C1COC(c2nc(-c3ccc(F)cc3)c(-c3ccnc(OC)n3)[nH]2)OC1. The van der Waals surface area contributed by atoms with Crippen molar-refractivity contribution in [1.29, 1.82) is 0 Å². The van der Waals surface area contributed by atoms with Gasteiger partial charge in [-0.1, -0.05) is 6.58 Å². The van der Waals surface area contributed by atoms with Crippen LogP contribution >= 0.6 is 0 Å². The number of methoxy groups -OCH3 is 1. The molecule has 3 aromatic rings. The number of ether oxygens (including phenoxy) is 3. The maximum absolute atomic E-state index is 13.3. The summed E-state index contributed by atoms with van der Waals surface area (Å²) < 4.78 is 29.7. The van der Waals surface area contributed by atoms with Crippen LogP contribution in [0.3, 0.4) is 0 Å². The van der Waals surface area contributed by atoms with Crippen molar-refractivity contribution >= 4 is 0 Å². The second kappa shape index (κ2) is 7.26. The van der Waals surface area contributed by atoms with E-state index in [1.807, 2.05) is 0 Å². The third-order valence-corrected chi connectivity index (χ3v) is 4.01. The average molecular weight is 368 g/mol. The molecule has 0 saturated carbocycles. The fourth-order valence-electron chi connectivity index (χ4n) is 2.72. The lowest BCUT2D eigenvalue weighted by molar-refractivity contribution is -0.165. The van der Waals surface area contributed by atoms with Gasteiger partial charge in [-0.05, 0) is 35.9 Å². The Hall–Kier alpha value is -3.10. The molecule has 0 unspecified atom stereocenters. The van der Waals surface area contributed by atoms with E-state index < -0.39 is 6.29 Å². The summed E-state index contributed by atoms with van der Waals surface area (Å²) in [5.41, 5.74) is 3.40. The second-order valence-electron chi connectivity index (χ2n) is 5.99. The van der Waals surface area contributed by atoms with Gasteiger partial charge in [0.1, 0.15) is 5.82 Å². The molecule has 7 nitrogen and oxygen atoms in total. The minimum absolute atomic E-state index is 0.232. The molecule has 0 bridgehead atoms. The van der Waals surface area contributed by atoms with Gasteiger partial charge in [-0.2, -0.15) is 4.98 Å². The van der Waals surface area contributed by atoms with Crippen molar-refractivity contribution < 1.29 is 18.6 Å². The summed E-state index contributed by atoms with van der Waals surface area (Å²) in [6.45, 7) is 4.63. The molecule has 1 fully saturated rings. The number of nitrogens with one attached hydrogen (secondary N) is 1. The molecule has 1 aliphatic rings. The molecule has 1 aliphatic heterocycles. The first kappa shape index (κ1) is 17.3. The van der Waals surface area contributed by atoms with Crippen LogP contribution in [0.1, 0.15) is 12.1 Å². The van der Waals surface area contributed by atoms with Crippen LogP contribution in [0.2, 0.25) is 0 Å². The Balaban J connectivity index is 1.79. The topological polar surface area (TPSA) is 82.2 Å². The zero-order valence-electron chi connectivity index (χ0n) is 14.6. The summed E-state index contributed by atoms with van der Waals surface area (Å²) in [5.74, 6) is 0.173. The fourth-order valence-corrected chi connectivity index (χ4v) is 2.72. The smallest absolute Gasteiger partial charge is 0.316 e. The Morgan fingerprint density at radius 1 is 1.15 bits per heavy atom. The molecule has 27 heavy (non-hydrogen) atoms. The van der Waals surface area contributed by atoms with Crippen LogP contribution in [0, 0.1) is 5.82 Å². The summed E-state index contributed by atoms with van der Waals surface area (Å²) in [4.78, 5) is 16.2. The van der Waals surface area contributed by atoms with E-state index in [-0.39, 0.29) is 11.8 Å². The third kappa shape index (κ3) is 3.57. The molecular weight excluding hydrogens is 351 g/mol. The number of benzene rings is 1. The highest BCUT2D eigenvalue weighted by Crippen LogP contribution is 2.33. The van der Waals surface area contributed by atoms with Crippen molar-refractivity contribution in [3.05, 3.63) is 60.3 Å². The maximum atomic E-state index is 13.3. The van der Waals surface area contributed by atoms with Gasteiger partial charge in [0.25, 0.3) is 0 Å². The van der Waals surface area contributed by atoms with Crippen LogP contribution < -0.4 is 4.74 Å². The number of imidazole rings is 1. The first-order chi connectivity index (χ1) is 13.1. The minimum atomic E-state index is -0.646. The van der Waals surface area contributed by atoms with Crippen molar-refractivity contribution in [2.24, 2.45) is 0 Å². The normalized spacial score (nSPS) is 15.1. The molecule has 1 aromatic carbocycles. The quantitative estimate of drug-likeness (QED) is 0.712. The molecule has 8 heteroatoms. The lowest BCUT2D eigenvalue weighted by Gasteiger charge is -2.22. The molecule has 0 aliphatic carbocycles. The molecule has 0 atom stereocenters. The highest BCUT2D eigenvalue weighted by atomic mass is 19.1. The number of hydrogen-bond acceptors (Lipinski definition) is 6. The molecule has 138 valence electrons. The number of halogens is 1. The number of rotatable bonds is 4. The van der Waals surface area contributed by atoms with Crippen molar-refractivity contribution in [3.8, 4) is 28.7 Å². The number of nitrogens with zero attached hydrogens (tertiary/aromatic N) is 3. The summed E-state index contributed by atoms with van der Waals surface area (Å²) in [5, 5.41) is 0. The van der Waals surface area contributed by atoms with Gasteiger partial charge >= 0.3 is 6.01 Å². The molecule has 1 N–H and O–H groups in total. The van der Waals surface area contributed by atoms with E-state index in [4.69, 9.17) is 14.2 Å². The summed E-state index contributed by atoms with van der Waals surface area (Å²) >= 11 is 0. The Kier molecular flexibility index (Phi) is 4.66. The van der Waals surface area contributed by atoms with Crippen molar-refractivity contribution in [2.45, 2.75) is 6.29 Å². The largest absolute Gasteiger partial charge is 0.467 e. The van der Waals surface area contributed by atoms with Gasteiger partial charge in [0, 0.05) is 11.8 Å². The third-order valence-electron chi connectivity index (χ3n) is 4.01. The van der Waals surface area contributed by atoms with E-state index in [0.29, 0.717) is 36.1 Å². The van der Waals surface area contributed by atoms with Crippen LogP contribution in [0.15, 0.2) is 48.7 Å². The van der Waals surface area contributed by atoms with E-state index in [9.17, 15) is 4.39 Å². The number of hydrogen-bond donors (Lipinski definition) is 1. The summed E-state index contributed by atoms with van der Waals surface area (Å²) in [6, 6.07) is 8.04. The maximum Gasteiger partial charge on any atom is 0.316 e. The molecule has 3 heterocycles. The number of aromatic amines is 1. The van der Waals surface area contributed by atoms with Crippen LogP contribution in [-0.4, -0.2) is 40.3 Å². The molecule has 2 aromatic heterocycles. The highest BCUT2D eigenvalue weighted by Gasteiger charge is 2.25. The first-order valence-electron chi connectivity index (χ1n) is 8.27. The van der Waals surface area contributed by atoms with Gasteiger partial charge in [0.15, 0.2) is 5.82 Å². The zero-order chi connectivity index (χ0) is 18.8. The average Bonchev–Trinajstić information content (AvgIpc) is 3.14. The predicted octanol–water partition coefficient (Wildman–Crippen LogP) is 3.28. The van der Waals surface area contributed by atoms with E-state index >= 15 is 0 Å². The lowest BCUT2D eigenvalue weighted by atomic mass is 10.1. The summed E-state index contributed by atoms with van der Waals surface area (Å²) in [6.07, 6.45) is 0.945. The molecule has 4 rings (SSSR count). The van der Waals surface area contributed by atoms with Crippen LogP contribution in [0.25, 0.3) is 22.6 Å². The van der Waals surface area contributed by atoms with Gasteiger partial charge < -0.3 is 19.2 Å². The second-order valence-corrected chi connectivity index (χ2v) is 5.99. The van der Waals surface area contributed by atoms with E-state index in [1.54, 1.807) is 24.4 Å². The minimum Gasteiger partial charge on any atom is -0.467 e. The van der Waals surface area contributed by atoms with Crippen molar-refractivity contribution in [1.82, 2.24) is 19.9 Å². The molecule has 0 spiro atoms. The standard InChI is InChI=1S/C19H17FN4O3/c1-11-9-26-18(27-10-11)17-23-15(12-3-5-13(20)6-4-12)16(24-17)14-7-8-21-19(22-14)25-2/h3-8,18H,1,9-10H2,2H3,(H,23,24). The van der Waals surface area contributed by atoms with Gasteiger partial charge in [0.2, 0.25) is 6.29 Å². The number of H-pyrrole nitrogens is 1. The first-order valence-corrected chi connectivity index (χ1v) is 8.27. The molecule has 0 amide bonds. The van der Waals surface area contributed by atoms with Gasteiger partial charge in [-0.3, -0.25) is 0 Å². The van der Waals surface area contributed by atoms with E-state index in [2.05, 4.69) is 26.5 Å². The van der Waals surface area contributed by atoms with E-state index in [0.717, 1.165) is 11.1 Å². The predicted molar refractivity (Wildman–Crippen MR) is 95.3 cm³/mol. The molecule has 1 saturated heterocycles. The zero-order valence-corrected chi connectivity index (χ0v) is 14.6. The van der Waals surface area contributed by atoms with Gasteiger partial charge in [-0.15, -0.1) is 0 Å². The van der Waals surface area contributed by atoms with E-state index in [1.165, 1.54) is 19.2 Å². The van der Waals surface area contributed by atoms with Crippen molar-refractivity contribution in [3.63, 3.8) is 0 Å². The molecular formula is C19H17FN4O3. The fraction of sp³-hybridized carbons (Fsp3) is 0.211. The van der Waals surface area contributed by atoms with Crippen molar-refractivity contribution in [2.75, 3.05) is 20.3 Å². The Labute approximate surface area is 154 Å². The van der Waals surface area contributed by atoms with Crippen LogP contribution in [0.5, 0.6) is 6.01 Å². The monoisotopic (exact) mass is 368 g/mol. The number of aromatic nitrogens is 4. The molecule has 0 radical (unpaired) electrons. The Bertz CT molecular complexity index is 961. The Morgan fingerprint density at radius 3 is 2.59 bits per heavy atom.